The van der Waals surface area contributed by atoms with E-state index in [0.29, 0.717) is 29.1 Å². The third-order valence-corrected chi connectivity index (χ3v) is 6.33. The largest absolute Gasteiger partial charge is 0.490 e. The van der Waals surface area contributed by atoms with E-state index in [9.17, 15) is 9.18 Å². The molecular formula is C26H31Cl3FN7O3. The minimum absolute atomic E-state index is 0. The van der Waals surface area contributed by atoms with Crippen molar-refractivity contribution < 1.29 is 18.7 Å². The Labute approximate surface area is 250 Å². The summed E-state index contributed by atoms with van der Waals surface area (Å²) in [7, 11) is 2.13. The standard InChI is InChI=1S/C26H28FN7O3.3ClH/c1-18-23(36-13-12-33-10-8-32(2)9-11-33)16-34-24(18)26(29-17-30-34)37-22-6-5-20(14-21(22)27)31-25(35)19-4-3-7-28-15-19;;;/h3-7,14-17H,8-13H2,1-2H3,(H,31,35);3*1H. The number of likely N-dealkylation sites (N-methyl/N-ethyl adjacent to an activating group) is 1. The average molecular weight is 615 g/mol. The van der Waals surface area contributed by atoms with Crippen molar-refractivity contribution in [2.75, 3.05) is 51.7 Å². The van der Waals surface area contributed by atoms with Gasteiger partial charge in [0.2, 0.25) is 5.88 Å². The Hall–Kier alpha value is -3.22. The number of carbonyl (C=O) groups excluding carboxylic acids is 1. The smallest absolute Gasteiger partial charge is 0.257 e. The Morgan fingerprint density at radius 1 is 1.10 bits per heavy atom. The van der Waals surface area contributed by atoms with Gasteiger partial charge < -0.3 is 19.7 Å². The van der Waals surface area contributed by atoms with Gasteiger partial charge in [0.25, 0.3) is 5.91 Å². The SMILES string of the molecule is Cc1c(OCCN2CCN(C)CC2)cn2ncnc(Oc3ccc(NC(=O)c4cccnc4)cc3F)c12.Cl.Cl.Cl. The molecular weight excluding hydrogens is 584 g/mol. The molecule has 0 aliphatic carbocycles. The van der Waals surface area contributed by atoms with Gasteiger partial charge in [-0.3, -0.25) is 14.7 Å². The van der Waals surface area contributed by atoms with Gasteiger partial charge in [0, 0.05) is 62.4 Å². The molecule has 40 heavy (non-hydrogen) atoms. The van der Waals surface area contributed by atoms with Crippen LogP contribution in [0.2, 0.25) is 0 Å². The van der Waals surface area contributed by atoms with Crippen molar-refractivity contribution in [1.82, 2.24) is 29.4 Å². The van der Waals surface area contributed by atoms with Crippen LogP contribution in [-0.2, 0) is 0 Å². The molecule has 0 bridgehead atoms. The molecule has 4 aromatic rings. The van der Waals surface area contributed by atoms with E-state index >= 15 is 0 Å². The number of pyridine rings is 1. The maximum Gasteiger partial charge on any atom is 0.257 e. The van der Waals surface area contributed by atoms with Gasteiger partial charge in [-0.1, -0.05) is 0 Å². The van der Waals surface area contributed by atoms with Crippen LogP contribution < -0.4 is 14.8 Å². The summed E-state index contributed by atoms with van der Waals surface area (Å²) >= 11 is 0. The normalized spacial score (nSPS) is 13.5. The zero-order valence-corrected chi connectivity index (χ0v) is 24.4. The highest BCUT2D eigenvalue weighted by atomic mass is 35.5. The number of amides is 1. The summed E-state index contributed by atoms with van der Waals surface area (Å²) in [6.45, 7) is 7.44. The second-order valence-electron chi connectivity index (χ2n) is 8.91. The first kappa shape index (κ1) is 33.0. The number of nitrogens with zero attached hydrogens (tertiary/aromatic N) is 6. The zero-order valence-electron chi connectivity index (χ0n) is 21.9. The van der Waals surface area contributed by atoms with Gasteiger partial charge in [-0.05, 0) is 38.2 Å². The highest BCUT2D eigenvalue weighted by molar-refractivity contribution is 6.04. The van der Waals surface area contributed by atoms with Crippen molar-refractivity contribution >= 4 is 54.3 Å². The maximum absolute atomic E-state index is 14.9. The van der Waals surface area contributed by atoms with Crippen molar-refractivity contribution in [1.29, 1.82) is 0 Å². The Morgan fingerprint density at radius 3 is 2.58 bits per heavy atom. The third kappa shape index (κ3) is 7.70. The van der Waals surface area contributed by atoms with Crippen LogP contribution >= 0.6 is 37.2 Å². The fraction of sp³-hybridized carbons (Fsp3) is 0.308. The number of carbonyl (C=O) groups is 1. The lowest BCUT2D eigenvalue weighted by Gasteiger charge is -2.32. The Balaban J connectivity index is 0.00000187. The minimum atomic E-state index is -0.645. The van der Waals surface area contributed by atoms with E-state index in [0.717, 1.165) is 38.3 Å². The van der Waals surface area contributed by atoms with E-state index in [4.69, 9.17) is 9.47 Å². The van der Waals surface area contributed by atoms with Crippen LogP contribution in [0, 0.1) is 12.7 Å². The number of anilines is 1. The first-order chi connectivity index (χ1) is 18.0. The molecule has 4 heterocycles. The molecule has 1 N–H and O–H groups in total. The lowest BCUT2D eigenvalue weighted by molar-refractivity contribution is 0.102. The van der Waals surface area contributed by atoms with E-state index in [1.165, 1.54) is 24.7 Å². The number of nitrogens with one attached hydrogen (secondary N) is 1. The van der Waals surface area contributed by atoms with Gasteiger partial charge in [-0.2, -0.15) is 10.1 Å². The lowest BCUT2D eigenvalue weighted by Crippen LogP contribution is -2.45. The molecule has 1 aliphatic rings. The monoisotopic (exact) mass is 613 g/mol. The van der Waals surface area contributed by atoms with Gasteiger partial charge in [-0.15, -0.1) is 37.2 Å². The summed E-state index contributed by atoms with van der Waals surface area (Å²) in [5.74, 6) is -0.185. The van der Waals surface area contributed by atoms with Crippen molar-refractivity contribution in [3.8, 4) is 17.4 Å². The predicted octanol–water partition coefficient (Wildman–Crippen LogP) is 4.51. The molecule has 5 rings (SSSR count). The van der Waals surface area contributed by atoms with Gasteiger partial charge >= 0.3 is 0 Å². The molecule has 216 valence electrons. The summed E-state index contributed by atoms with van der Waals surface area (Å²) in [6.07, 6.45) is 6.13. The van der Waals surface area contributed by atoms with Crippen molar-refractivity contribution in [3.63, 3.8) is 0 Å². The summed E-state index contributed by atoms with van der Waals surface area (Å²) in [6, 6.07) is 7.48. The predicted molar refractivity (Wildman–Crippen MR) is 158 cm³/mol. The van der Waals surface area contributed by atoms with Crippen molar-refractivity contribution in [3.05, 3.63) is 72.2 Å². The van der Waals surface area contributed by atoms with E-state index in [1.807, 2.05) is 6.92 Å². The Kier molecular flexibility index (Phi) is 12.3. The summed E-state index contributed by atoms with van der Waals surface area (Å²) in [5.41, 5.74) is 2.05. The van der Waals surface area contributed by atoms with E-state index in [2.05, 4.69) is 37.2 Å². The molecule has 14 heteroatoms. The van der Waals surface area contributed by atoms with E-state index in [1.54, 1.807) is 35.1 Å². The van der Waals surface area contributed by atoms with Gasteiger partial charge in [0.05, 0.1) is 11.8 Å². The topological polar surface area (TPSA) is 97.1 Å². The lowest BCUT2D eigenvalue weighted by atomic mass is 10.2. The maximum atomic E-state index is 14.9. The molecule has 0 unspecified atom stereocenters. The van der Waals surface area contributed by atoms with Crippen LogP contribution in [0.15, 0.2) is 55.2 Å². The number of rotatable bonds is 8. The molecule has 0 saturated carbocycles. The molecule has 1 aliphatic heterocycles. The second-order valence-corrected chi connectivity index (χ2v) is 8.91. The van der Waals surface area contributed by atoms with Crippen LogP contribution in [0.1, 0.15) is 15.9 Å². The molecule has 1 aromatic carbocycles. The van der Waals surface area contributed by atoms with Crippen LogP contribution in [0.5, 0.6) is 17.4 Å². The quantitative estimate of drug-likeness (QED) is 0.310. The molecule has 10 nitrogen and oxygen atoms in total. The molecule has 0 radical (unpaired) electrons. The first-order valence-electron chi connectivity index (χ1n) is 12.0. The number of ether oxygens (including phenoxy) is 2. The number of benzene rings is 1. The summed E-state index contributed by atoms with van der Waals surface area (Å²) in [4.78, 5) is 25.2. The molecule has 0 atom stereocenters. The number of hydrogen-bond acceptors (Lipinski definition) is 8. The third-order valence-electron chi connectivity index (χ3n) is 6.33. The Morgan fingerprint density at radius 2 is 1.88 bits per heavy atom. The molecule has 1 saturated heterocycles. The number of halogens is 4. The number of aryl methyl sites for hydroxylation is 1. The fourth-order valence-electron chi connectivity index (χ4n) is 4.15. The molecule has 3 aromatic heterocycles. The van der Waals surface area contributed by atoms with E-state index < -0.39 is 5.82 Å². The number of hydrogen-bond donors (Lipinski definition) is 1. The zero-order chi connectivity index (χ0) is 25.8. The second kappa shape index (κ2) is 15.0. The fourth-order valence-corrected chi connectivity index (χ4v) is 4.15. The minimum Gasteiger partial charge on any atom is -0.490 e. The molecule has 1 fully saturated rings. The van der Waals surface area contributed by atoms with Crippen LogP contribution in [0.4, 0.5) is 10.1 Å². The summed E-state index contributed by atoms with van der Waals surface area (Å²) < 4.78 is 28.4. The van der Waals surface area contributed by atoms with Crippen LogP contribution in [-0.4, -0.2) is 81.7 Å². The number of piperazine rings is 1. The van der Waals surface area contributed by atoms with Gasteiger partial charge in [0.1, 0.15) is 24.2 Å². The molecule has 1 amide bonds. The molecule has 0 spiro atoms. The van der Waals surface area contributed by atoms with E-state index in [-0.39, 0.29) is 54.8 Å². The average Bonchev–Trinajstić information content (AvgIpc) is 3.23. The number of aromatic nitrogens is 4. The highest BCUT2D eigenvalue weighted by Crippen LogP contribution is 2.33. The van der Waals surface area contributed by atoms with Crippen LogP contribution in [0.3, 0.4) is 0 Å². The Bertz CT molecular complexity index is 1400. The highest BCUT2D eigenvalue weighted by Gasteiger charge is 2.18. The van der Waals surface area contributed by atoms with Crippen LogP contribution in [0.25, 0.3) is 5.52 Å². The van der Waals surface area contributed by atoms with Crippen molar-refractivity contribution in [2.24, 2.45) is 0 Å². The van der Waals surface area contributed by atoms with Gasteiger partial charge in [0.15, 0.2) is 11.6 Å². The van der Waals surface area contributed by atoms with Crippen molar-refractivity contribution in [2.45, 2.75) is 6.92 Å². The first-order valence-corrected chi connectivity index (χ1v) is 12.0. The summed E-state index contributed by atoms with van der Waals surface area (Å²) in [5, 5.41) is 6.90. The van der Waals surface area contributed by atoms with Gasteiger partial charge in [-0.25, -0.2) is 8.91 Å². The number of fused-ring (bicyclic) bond motifs is 1.